The zero-order valence-corrected chi connectivity index (χ0v) is 13.5. The molecule has 1 rings (SSSR count). The molecule has 2 amide bonds. The molecule has 0 bridgehead atoms. The van der Waals surface area contributed by atoms with Crippen LogP contribution in [0.1, 0.15) is 22.8 Å². The van der Waals surface area contributed by atoms with Gasteiger partial charge in [0.1, 0.15) is 0 Å². The Morgan fingerprint density at radius 3 is 2.39 bits per heavy atom. The summed E-state index contributed by atoms with van der Waals surface area (Å²) < 4.78 is 38.5. The summed E-state index contributed by atoms with van der Waals surface area (Å²) in [4.78, 5) is 25.0. The standard InChI is InChI=1S/C14H18F3N3O2.ClH/c1-9(7-18)20(2)12(21)8-19-13(22)10-5-3-4-6-11(10)14(15,16)17;/h3-6,9H,7-8,18H2,1-2H3,(H,19,22);1H. The summed E-state index contributed by atoms with van der Waals surface area (Å²) in [6, 6.07) is 4.18. The zero-order valence-electron chi connectivity index (χ0n) is 12.7. The van der Waals surface area contributed by atoms with E-state index < -0.39 is 35.7 Å². The van der Waals surface area contributed by atoms with Gasteiger partial charge in [-0.3, -0.25) is 9.59 Å². The Kier molecular flexibility index (Phi) is 8.05. The van der Waals surface area contributed by atoms with E-state index in [1.165, 1.54) is 24.1 Å². The molecule has 1 aromatic rings. The summed E-state index contributed by atoms with van der Waals surface area (Å²) in [6.45, 7) is 1.57. The number of likely N-dealkylation sites (N-methyl/N-ethyl adjacent to an activating group) is 1. The topological polar surface area (TPSA) is 75.4 Å². The van der Waals surface area contributed by atoms with E-state index in [1.54, 1.807) is 6.92 Å². The van der Waals surface area contributed by atoms with Crippen molar-refractivity contribution < 1.29 is 22.8 Å². The van der Waals surface area contributed by atoms with Crippen molar-refractivity contribution in [3.05, 3.63) is 35.4 Å². The molecule has 0 radical (unpaired) electrons. The van der Waals surface area contributed by atoms with E-state index in [0.717, 1.165) is 12.1 Å². The average molecular weight is 354 g/mol. The van der Waals surface area contributed by atoms with Crippen LogP contribution in [0.3, 0.4) is 0 Å². The molecule has 0 heterocycles. The smallest absolute Gasteiger partial charge is 0.343 e. The molecule has 1 unspecified atom stereocenters. The maximum absolute atomic E-state index is 12.8. The molecule has 23 heavy (non-hydrogen) atoms. The van der Waals surface area contributed by atoms with Crippen LogP contribution >= 0.6 is 12.4 Å². The second-order valence-electron chi connectivity index (χ2n) is 4.82. The van der Waals surface area contributed by atoms with Crippen LogP contribution in [0.2, 0.25) is 0 Å². The molecule has 0 aliphatic carbocycles. The highest BCUT2D eigenvalue weighted by Crippen LogP contribution is 2.31. The molecule has 130 valence electrons. The van der Waals surface area contributed by atoms with Crippen LogP contribution in [0.25, 0.3) is 0 Å². The number of nitrogens with one attached hydrogen (secondary N) is 1. The van der Waals surface area contributed by atoms with Crippen molar-refractivity contribution in [3.63, 3.8) is 0 Å². The van der Waals surface area contributed by atoms with Gasteiger partial charge in [0.05, 0.1) is 17.7 Å². The second kappa shape index (κ2) is 8.73. The van der Waals surface area contributed by atoms with Crippen molar-refractivity contribution in [1.29, 1.82) is 0 Å². The van der Waals surface area contributed by atoms with E-state index in [0.29, 0.717) is 0 Å². The highest BCUT2D eigenvalue weighted by atomic mass is 35.5. The predicted octanol–water partition coefficient (Wildman–Crippen LogP) is 1.66. The SMILES string of the molecule is CC(CN)N(C)C(=O)CNC(=O)c1ccccc1C(F)(F)F.Cl. The number of hydrogen-bond acceptors (Lipinski definition) is 3. The number of amides is 2. The molecule has 0 saturated carbocycles. The minimum Gasteiger partial charge on any atom is -0.343 e. The lowest BCUT2D eigenvalue weighted by Crippen LogP contribution is -2.45. The summed E-state index contributed by atoms with van der Waals surface area (Å²) in [7, 11) is 1.51. The summed E-state index contributed by atoms with van der Waals surface area (Å²) in [5, 5.41) is 2.20. The number of halogens is 4. The molecule has 9 heteroatoms. The Bertz CT molecular complexity index is 552. The monoisotopic (exact) mass is 353 g/mol. The highest BCUT2D eigenvalue weighted by molar-refractivity contribution is 5.97. The van der Waals surface area contributed by atoms with Gasteiger partial charge in [-0.25, -0.2) is 0 Å². The molecule has 1 aromatic carbocycles. The number of carbonyl (C=O) groups is 2. The van der Waals surface area contributed by atoms with Crippen LogP contribution < -0.4 is 11.1 Å². The van der Waals surface area contributed by atoms with E-state index >= 15 is 0 Å². The first kappa shape index (κ1) is 21.2. The first-order valence-corrected chi connectivity index (χ1v) is 6.58. The maximum Gasteiger partial charge on any atom is 0.417 e. The zero-order chi connectivity index (χ0) is 16.9. The number of rotatable bonds is 5. The predicted molar refractivity (Wildman–Crippen MR) is 82.3 cm³/mol. The van der Waals surface area contributed by atoms with E-state index in [9.17, 15) is 22.8 Å². The third-order valence-electron chi connectivity index (χ3n) is 3.27. The largest absolute Gasteiger partial charge is 0.417 e. The maximum atomic E-state index is 12.8. The average Bonchev–Trinajstić information content (AvgIpc) is 2.49. The molecule has 1 atom stereocenters. The fourth-order valence-electron chi connectivity index (χ4n) is 1.71. The fraction of sp³-hybridized carbons (Fsp3) is 0.429. The minimum atomic E-state index is -4.64. The van der Waals surface area contributed by atoms with Crippen LogP contribution in [0.4, 0.5) is 13.2 Å². The van der Waals surface area contributed by atoms with Crippen molar-refractivity contribution in [2.45, 2.75) is 19.1 Å². The summed E-state index contributed by atoms with van der Waals surface area (Å²) in [6.07, 6.45) is -4.64. The summed E-state index contributed by atoms with van der Waals surface area (Å²) in [5.74, 6) is -1.38. The number of nitrogens with zero attached hydrogens (tertiary/aromatic N) is 1. The van der Waals surface area contributed by atoms with E-state index in [1.807, 2.05) is 0 Å². The molecular weight excluding hydrogens is 335 g/mol. The second-order valence-corrected chi connectivity index (χ2v) is 4.82. The number of nitrogens with two attached hydrogens (primary N) is 1. The lowest BCUT2D eigenvalue weighted by atomic mass is 10.1. The third-order valence-corrected chi connectivity index (χ3v) is 3.27. The van der Waals surface area contributed by atoms with Crippen molar-refractivity contribution >= 4 is 24.2 Å². The van der Waals surface area contributed by atoms with Crippen molar-refractivity contribution in [1.82, 2.24) is 10.2 Å². The van der Waals surface area contributed by atoms with Gasteiger partial charge in [0, 0.05) is 19.6 Å². The van der Waals surface area contributed by atoms with Crippen LogP contribution in [0.15, 0.2) is 24.3 Å². The van der Waals surface area contributed by atoms with Gasteiger partial charge in [-0.05, 0) is 19.1 Å². The van der Waals surface area contributed by atoms with Crippen LogP contribution in [0.5, 0.6) is 0 Å². The first-order valence-electron chi connectivity index (χ1n) is 6.58. The molecule has 0 aromatic heterocycles. The quantitative estimate of drug-likeness (QED) is 0.845. The van der Waals surface area contributed by atoms with Gasteiger partial charge < -0.3 is 16.0 Å². The summed E-state index contributed by atoms with van der Waals surface area (Å²) in [5.41, 5.74) is 3.86. The Labute approximate surface area is 138 Å². The molecular formula is C14H19ClF3N3O2. The van der Waals surface area contributed by atoms with Crippen LogP contribution in [-0.2, 0) is 11.0 Å². The van der Waals surface area contributed by atoms with Crippen molar-refractivity contribution in [3.8, 4) is 0 Å². The Hall–Kier alpha value is -1.80. The molecule has 0 saturated heterocycles. The first-order chi connectivity index (χ1) is 10.2. The lowest BCUT2D eigenvalue weighted by Gasteiger charge is -2.23. The van der Waals surface area contributed by atoms with Gasteiger partial charge in [-0.2, -0.15) is 13.2 Å². The Morgan fingerprint density at radius 2 is 1.87 bits per heavy atom. The minimum absolute atomic E-state index is 0. The lowest BCUT2D eigenvalue weighted by molar-refractivity contribution is -0.137. The summed E-state index contributed by atoms with van der Waals surface area (Å²) >= 11 is 0. The molecule has 0 spiro atoms. The van der Waals surface area contributed by atoms with E-state index in [4.69, 9.17) is 5.73 Å². The number of benzene rings is 1. The fourth-order valence-corrected chi connectivity index (χ4v) is 1.71. The molecule has 0 aliphatic rings. The Morgan fingerprint density at radius 1 is 1.30 bits per heavy atom. The van der Waals surface area contributed by atoms with Crippen molar-refractivity contribution in [2.75, 3.05) is 20.1 Å². The molecule has 3 N–H and O–H groups in total. The third kappa shape index (κ3) is 5.72. The van der Waals surface area contributed by atoms with E-state index in [2.05, 4.69) is 5.32 Å². The molecule has 5 nitrogen and oxygen atoms in total. The number of carbonyl (C=O) groups excluding carboxylic acids is 2. The van der Waals surface area contributed by atoms with E-state index in [-0.39, 0.29) is 25.0 Å². The van der Waals surface area contributed by atoms with Gasteiger partial charge in [0.2, 0.25) is 5.91 Å². The molecule has 0 aliphatic heterocycles. The Balaban J connectivity index is 0.00000484. The van der Waals surface area contributed by atoms with Gasteiger partial charge in [0.15, 0.2) is 0 Å². The van der Waals surface area contributed by atoms with Gasteiger partial charge in [-0.1, -0.05) is 12.1 Å². The number of hydrogen-bond donors (Lipinski definition) is 2. The molecule has 0 fully saturated rings. The van der Waals surface area contributed by atoms with Crippen LogP contribution in [0, 0.1) is 0 Å². The van der Waals surface area contributed by atoms with Gasteiger partial charge >= 0.3 is 6.18 Å². The van der Waals surface area contributed by atoms with Crippen molar-refractivity contribution in [2.24, 2.45) is 5.73 Å². The normalized spacial score (nSPS) is 12.1. The number of alkyl halides is 3. The van der Waals surface area contributed by atoms with Crippen LogP contribution in [-0.4, -0.2) is 42.9 Å². The van der Waals surface area contributed by atoms with Gasteiger partial charge in [-0.15, -0.1) is 12.4 Å². The van der Waals surface area contributed by atoms with Gasteiger partial charge in [0.25, 0.3) is 5.91 Å². The highest BCUT2D eigenvalue weighted by Gasteiger charge is 2.34.